The van der Waals surface area contributed by atoms with Crippen molar-refractivity contribution in [3.05, 3.63) is 5.82 Å². The summed E-state index contributed by atoms with van der Waals surface area (Å²) in [6.45, 7) is 4.21. The highest BCUT2D eigenvalue weighted by Crippen LogP contribution is 2.33. The lowest BCUT2D eigenvalue weighted by Crippen LogP contribution is -2.20. The van der Waals surface area contributed by atoms with Crippen LogP contribution in [0.4, 0.5) is 0 Å². The van der Waals surface area contributed by atoms with Crippen LogP contribution in [0.5, 0.6) is 0 Å². The van der Waals surface area contributed by atoms with Crippen LogP contribution in [0.2, 0.25) is 0 Å². The molecule has 1 aliphatic carbocycles. The van der Waals surface area contributed by atoms with Crippen LogP contribution < -0.4 is 0 Å². The van der Waals surface area contributed by atoms with E-state index in [0.29, 0.717) is 12.0 Å². The molecule has 1 heterocycles. The summed E-state index contributed by atoms with van der Waals surface area (Å²) >= 11 is 6.09. The number of rotatable bonds is 2. The summed E-state index contributed by atoms with van der Waals surface area (Å²) in [5.74, 6) is 1.44. The van der Waals surface area contributed by atoms with E-state index < -0.39 is 0 Å². The van der Waals surface area contributed by atoms with Crippen molar-refractivity contribution in [2.24, 2.45) is 5.92 Å². The predicted octanol–water partition coefficient (Wildman–Crippen LogP) is 3.11. The molecule has 1 saturated carbocycles. The number of nitrogens with zero attached hydrogens (tertiary/aromatic N) is 4. The van der Waals surface area contributed by atoms with Crippen LogP contribution in [0.3, 0.4) is 0 Å². The second kappa shape index (κ2) is 5.13. The van der Waals surface area contributed by atoms with E-state index >= 15 is 0 Å². The van der Waals surface area contributed by atoms with Crippen LogP contribution >= 0.6 is 11.6 Å². The maximum Gasteiger partial charge on any atom is 0.169 e. The van der Waals surface area contributed by atoms with Crippen molar-refractivity contribution in [3.8, 4) is 0 Å². The van der Waals surface area contributed by atoms with Gasteiger partial charge in [0.25, 0.3) is 0 Å². The molecule has 1 aromatic rings. The molecule has 0 aromatic carbocycles. The molecule has 0 radical (unpaired) electrons. The van der Waals surface area contributed by atoms with Crippen molar-refractivity contribution >= 4 is 11.6 Å². The van der Waals surface area contributed by atoms with Gasteiger partial charge in [-0.15, -0.1) is 16.7 Å². The van der Waals surface area contributed by atoms with Crippen molar-refractivity contribution < 1.29 is 0 Å². The standard InChI is InChI=1S/C11H19ClN4/c1-8-6-4-3-5-7-10(8)16-11(9(2)12)13-14-15-16/h8-10H,3-7H2,1-2H3. The first-order valence-corrected chi connectivity index (χ1v) is 6.55. The molecule has 1 aromatic heterocycles. The summed E-state index contributed by atoms with van der Waals surface area (Å²) in [6, 6.07) is 0.425. The molecule has 3 atom stereocenters. The molecule has 0 N–H and O–H groups in total. The van der Waals surface area contributed by atoms with Gasteiger partial charge >= 0.3 is 0 Å². The minimum absolute atomic E-state index is 0.120. The zero-order valence-electron chi connectivity index (χ0n) is 9.93. The van der Waals surface area contributed by atoms with Gasteiger partial charge in [0.1, 0.15) is 0 Å². The number of alkyl halides is 1. The second-order valence-electron chi connectivity index (χ2n) is 4.78. The lowest BCUT2D eigenvalue weighted by atomic mass is 9.97. The van der Waals surface area contributed by atoms with Gasteiger partial charge in [0.15, 0.2) is 5.82 Å². The Kier molecular flexibility index (Phi) is 3.79. The quantitative estimate of drug-likeness (QED) is 0.591. The lowest BCUT2D eigenvalue weighted by molar-refractivity contribution is 0.296. The van der Waals surface area contributed by atoms with Crippen LogP contribution in [0.1, 0.15) is 63.2 Å². The number of aromatic nitrogens is 4. The van der Waals surface area contributed by atoms with Gasteiger partial charge in [0.05, 0.1) is 11.4 Å². The summed E-state index contributed by atoms with van der Waals surface area (Å²) in [5.41, 5.74) is 0. The van der Waals surface area contributed by atoms with Crippen LogP contribution in [-0.2, 0) is 0 Å². The van der Waals surface area contributed by atoms with Crippen molar-refractivity contribution in [1.82, 2.24) is 20.2 Å². The first kappa shape index (κ1) is 11.8. The highest BCUT2D eigenvalue weighted by atomic mass is 35.5. The summed E-state index contributed by atoms with van der Waals surface area (Å²) in [5, 5.41) is 11.8. The predicted molar refractivity (Wildman–Crippen MR) is 63.4 cm³/mol. The largest absolute Gasteiger partial charge is 0.225 e. The van der Waals surface area contributed by atoms with Crippen LogP contribution in [0.25, 0.3) is 0 Å². The molecule has 4 nitrogen and oxygen atoms in total. The molecule has 0 bridgehead atoms. The Labute approximate surface area is 101 Å². The molecular formula is C11H19ClN4. The minimum atomic E-state index is -0.120. The molecule has 3 unspecified atom stereocenters. The van der Waals surface area contributed by atoms with E-state index in [4.69, 9.17) is 11.6 Å². The van der Waals surface area contributed by atoms with E-state index in [1.807, 2.05) is 11.6 Å². The Morgan fingerprint density at radius 3 is 2.81 bits per heavy atom. The van der Waals surface area contributed by atoms with Crippen molar-refractivity contribution in [3.63, 3.8) is 0 Å². The summed E-state index contributed by atoms with van der Waals surface area (Å²) < 4.78 is 1.95. The van der Waals surface area contributed by atoms with Crippen LogP contribution in [-0.4, -0.2) is 20.2 Å². The highest BCUT2D eigenvalue weighted by Gasteiger charge is 2.26. The van der Waals surface area contributed by atoms with Gasteiger partial charge in [0, 0.05) is 0 Å². The Morgan fingerprint density at radius 2 is 2.06 bits per heavy atom. The third-order valence-corrected chi connectivity index (χ3v) is 3.70. The zero-order valence-corrected chi connectivity index (χ0v) is 10.7. The topological polar surface area (TPSA) is 43.6 Å². The minimum Gasteiger partial charge on any atom is -0.225 e. The third-order valence-electron chi connectivity index (χ3n) is 3.50. The number of hydrogen-bond donors (Lipinski definition) is 0. The zero-order chi connectivity index (χ0) is 11.5. The maximum absolute atomic E-state index is 6.09. The monoisotopic (exact) mass is 242 g/mol. The first-order chi connectivity index (χ1) is 7.70. The molecule has 0 amide bonds. The first-order valence-electron chi connectivity index (χ1n) is 6.12. The van der Waals surface area contributed by atoms with Gasteiger partial charge in [-0.25, -0.2) is 4.68 Å². The summed E-state index contributed by atoms with van der Waals surface area (Å²) in [7, 11) is 0. The van der Waals surface area contributed by atoms with Gasteiger partial charge in [-0.2, -0.15) is 0 Å². The van der Waals surface area contributed by atoms with E-state index in [2.05, 4.69) is 22.4 Å². The van der Waals surface area contributed by atoms with Crippen molar-refractivity contribution in [2.45, 2.75) is 57.4 Å². The fourth-order valence-electron chi connectivity index (χ4n) is 2.54. The van der Waals surface area contributed by atoms with E-state index in [9.17, 15) is 0 Å². The van der Waals surface area contributed by atoms with E-state index in [1.165, 1.54) is 32.1 Å². The second-order valence-corrected chi connectivity index (χ2v) is 5.43. The highest BCUT2D eigenvalue weighted by molar-refractivity contribution is 6.20. The molecule has 2 rings (SSSR count). The summed E-state index contributed by atoms with van der Waals surface area (Å²) in [6.07, 6.45) is 6.36. The van der Waals surface area contributed by atoms with Gasteiger partial charge in [-0.3, -0.25) is 0 Å². The summed E-state index contributed by atoms with van der Waals surface area (Å²) in [4.78, 5) is 0. The van der Waals surface area contributed by atoms with Gasteiger partial charge < -0.3 is 0 Å². The van der Waals surface area contributed by atoms with E-state index in [-0.39, 0.29) is 5.38 Å². The average Bonchev–Trinajstić information content (AvgIpc) is 2.63. The molecular weight excluding hydrogens is 224 g/mol. The normalized spacial score (nSPS) is 28.7. The number of halogens is 1. The Bertz CT molecular complexity index is 336. The van der Waals surface area contributed by atoms with E-state index in [0.717, 1.165) is 5.82 Å². The fourth-order valence-corrected chi connectivity index (χ4v) is 2.68. The number of tetrazole rings is 1. The maximum atomic E-state index is 6.09. The molecule has 90 valence electrons. The Morgan fingerprint density at radius 1 is 1.31 bits per heavy atom. The molecule has 1 fully saturated rings. The lowest BCUT2D eigenvalue weighted by Gasteiger charge is -2.22. The third kappa shape index (κ3) is 2.37. The molecule has 0 aliphatic heterocycles. The fraction of sp³-hybridized carbons (Fsp3) is 0.909. The molecule has 1 aliphatic rings. The van der Waals surface area contributed by atoms with Crippen molar-refractivity contribution in [1.29, 1.82) is 0 Å². The van der Waals surface area contributed by atoms with Crippen molar-refractivity contribution in [2.75, 3.05) is 0 Å². The SMILES string of the molecule is CC(Cl)c1nnnn1C1CCCCCC1C. The molecule has 5 heteroatoms. The van der Waals surface area contributed by atoms with Gasteiger partial charge in [-0.1, -0.05) is 26.2 Å². The Balaban J connectivity index is 2.23. The van der Waals surface area contributed by atoms with Crippen LogP contribution in [0, 0.1) is 5.92 Å². The molecule has 16 heavy (non-hydrogen) atoms. The van der Waals surface area contributed by atoms with Crippen LogP contribution in [0.15, 0.2) is 0 Å². The van der Waals surface area contributed by atoms with Gasteiger partial charge in [0.2, 0.25) is 0 Å². The van der Waals surface area contributed by atoms with E-state index in [1.54, 1.807) is 0 Å². The molecule has 0 saturated heterocycles. The average molecular weight is 243 g/mol. The number of hydrogen-bond acceptors (Lipinski definition) is 3. The Hall–Kier alpha value is -0.640. The smallest absolute Gasteiger partial charge is 0.169 e. The molecule has 0 spiro atoms. The van der Waals surface area contributed by atoms with Gasteiger partial charge in [-0.05, 0) is 36.1 Å².